The Hall–Kier alpha value is -1.15. The number of benzene rings is 1. The van der Waals surface area contributed by atoms with Crippen LogP contribution >= 0.6 is 0 Å². The molecule has 1 saturated heterocycles. The molecule has 102 valence electrons. The first-order valence-electron chi connectivity index (χ1n) is 7.56. The highest BCUT2D eigenvalue weighted by molar-refractivity contribution is 5.99. The first-order chi connectivity index (χ1) is 9.31. The van der Waals surface area contributed by atoms with Crippen molar-refractivity contribution in [3.63, 3.8) is 0 Å². The molecule has 0 aromatic heterocycles. The summed E-state index contributed by atoms with van der Waals surface area (Å²) >= 11 is 0. The highest BCUT2D eigenvalue weighted by atomic mass is 16.5. The van der Waals surface area contributed by atoms with E-state index >= 15 is 0 Å². The van der Waals surface area contributed by atoms with Gasteiger partial charge >= 0.3 is 0 Å². The van der Waals surface area contributed by atoms with Gasteiger partial charge in [-0.2, -0.15) is 0 Å². The van der Waals surface area contributed by atoms with Crippen molar-refractivity contribution in [2.45, 2.75) is 51.0 Å². The van der Waals surface area contributed by atoms with Gasteiger partial charge in [0.25, 0.3) is 0 Å². The van der Waals surface area contributed by atoms with Crippen LogP contribution in [0.15, 0.2) is 24.3 Å². The Morgan fingerprint density at radius 3 is 2.74 bits per heavy atom. The number of ether oxygens (including phenoxy) is 1. The van der Waals surface area contributed by atoms with Gasteiger partial charge in [-0.05, 0) is 37.2 Å². The predicted octanol–water partition coefficient (Wildman–Crippen LogP) is 3.95. The van der Waals surface area contributed by atoms with Gasteiger partial charge < -0.3 is 4.74 Å². The number of hydrogen-bond acceptors (Lipinski definition) is 2. The van der Waals surface area contributed by atoms with Gasteiger partial charge in [0.15, 0.2) is 5.78 Å². The zero-order chi connectivity index (χ0) is 13.2. The van der Waals surface area contributed by atoms with E-state index in [9.17, 15) is 4.79 Å². The third kappa shape index (κ3) is 2.34. The monoisotopic (exact) mass is 258 g/mol. The molecule has 3 rings (SSSR count). The predicted molar refractivity (Wildman–Crippen MR) is 75.5 cm³/mol. The van der Waals surface area contributed by atoms with Crippen molar-refractivity contribution in [2.75, 3.05) is 6.61 Å². The summed E-state index contributed by atoms with van der Waals surface area (Å²) in [6.07, 6.45) is 5.73. The first-order valence-corrected chi connectivity index (χ1v) is 7.56. The fraction of sp³-hybridized carbons (Fsp3) is 0.588. The van der Waals surface area contributed by atoms with Crippen molar-refractivity contribution in [1.82, 2.24) is 0 Å². The third-order valence-electron chi connectivity index (χ3n) is 4.72. The molecule has 1 heterocycles. The summed E-state index contributed by atoms with van der Waals surface area (Å²) in [5.74, 6) is 1.00. The van der Waals surface area contributed by atoms with Gasteiger partial charge in [0.05, 0.1) is 12.0 Å². The Balaban J connectivity index is 1.86. The Morgan fingerprint density at radius 1 is 1.26 bits per heavy atom. The maximum Gasteiger partial charge on any atom is 0.168 e. The molecule has 2 atom stereocenters. The number of ketones is 1. The van der Waals surface area contributed by atoms with E-state index < -0.39 is 0 Å². The molecule has 2 heteroatoms. The highest BCUT2D eigenvalue weighted by Gasteiger charge is 2.35. The van der Waals surface area contributed by atoms with Gasteiger partial charge in [-0.1, -0.05) is 37.6 Å². The van der Waals surface area contributed by atoms with Crippen LogP contribution in [0.2, 0.25) is 0 Å². The van der Waals surface area contributed by atoms with E-state index in [2.05, 4.69) is 19.1 Å². The molecule has 2 fully saturated rings. The number of carbonyl (C=O) groups is 1. The molecular formula is C17H22O2. The number of carbonyl (C=O) groups excluding carboxylic acids is 1. The summed E-state index contributed by atoms with van der Waals surface area (Å²) in [6, 6.07) is 8.22. The molecule has 1 aliphatic carbocycles. The fourth-order valence-electron chi connectivity index (χ4n) is 3.35. The number of rotatable bonds is 4. The molecule has 1 aliphatic heterocycles. The number of Topliss-reactive ketones (excluding diaryl/α,β-unsaturated/α-hetero) is 1. The van der Waals surface area contributed by atoms with Crippen LogP contribution in [0.3, 0.4) is 0 Å². The van der Waals surface area contributed by atoms with E-state index in [1.165, 1.54) is 24.8 Å². The molecule has 0 N–H and O–H groups in total. The van der Waals surface area contributed by atoms with Crippen LogP contribution in [0.4, 0.5) is 0 Å². The second-order valence-corrected chi connectivity index (χ2v) is 5.79. The number of hydrogen-bond donors (Lipinski definition) is 0. The van der Waals surface area contributed by atoms with Crippen LogP contribution in [-0.4, -0.2) is 18.5 Å². The van der Waals surface area contributed by atoms with E-state index in [1.807, 2.05) is 12.1 Å². The van der Waals surface area contributed by atoms with Crippen molar-refractivity contribution >= 4 is 5.78 Å². The minimum Gasteiger partial charge on any atom is -0.377 e. The normalized spacial score (nSPS) is 27.2. The third-order valence-corrected chi connectivity index (χ3v) is 4.72. The standard InChI is InChI=1S/C17H22O2/c1-2-16-15(10-11-19-16)17(18)14-9-4-3-8-13(14)12-6-5-7-12/h3-4,8-9,12,15-16H,2,5-7,10-11H2,1H3. The van der Waals surface area contributed by atoms with Crippen LogP contribution in [0.5, 0.6) is 0 Å². The van der Waals surface area contributed by atoms with Gasteiger partial charge in [-0.25, -0.2) is 0 Å². The lowest BCUT2D eigenvalue weighted by atomic mass is 9.76. The molecule has 0 amide bonds. The lowest BCUT2D eigenvalue weighted by molar-refractivity contribution is 0.0687. The van der Waals surface area contributed by atoms with Gasteiger partial charge in [-0.15, -0.1) is 0 Å². The summed E-state index contributed by atoms with van der Waals surface area (Å²) in [7, 11) is 0. The maximum absolute atomic E-state index is 12.8. The van der Waals surface area contributed by atoms with Crippen molar-refractivity contribution in [2.24, 2.45) is 5.92 Å². The molecule has 0 spiro atoms. The highest BCUT2D eigenvalue weighted by Crippen LogP contribution is 2.39. The van der Waals surface area contributed by atoms with Crippen molar-refractivity contribution in [3.8, 4) is 0 Å². The zero-order valence-corrected chi connectivity index (χ0v) is 11.6. The van der Waals surface area contributed by atoms with Gasteiger partial charge in [0.1, 0.15) is 0 Å². The lowest BCUT2D eigenvalue weighted by Crippen LogP contribution is -2.25. The summed E-state index contributed by atoms with van der Waals surface area (Å²) in [4.78, 5) is 12.8. The molecule has 0 radical (unpaired) electrons. The van der Waals surface area contributed by atoms with Crippen molar-refractivity contribution < 1.29 is 9.53 Å². The Bertz CT molecular complexity index is 462. The molecule has 0 bridgehead atoms. The van der Waals surface area contributed by atoms with E-state index in [0.29, 0.717) is 11.7 Å². The average Bonchev–Trinajstić information content (AvgIpc) is 2.85. The van der Waals surface area contributed by atoms with E-state index in [1.54, 1.807) is 0 Å². The molecule has 1 aromatic rings. The van der Waals surface area contributed by atoms with Gasteiger partial charge in [-0.3, -0.25) is 4.79 Å². The Kier molecular flexibility index (Phi) is 3.69. The minimum absolute atomic E-state index is 0.0752. The lowest BCUT2D eigenvalue weighted by Gasteiger charge is -2.28. The van der Waals surface area contributed by atoms with E-state index in [4.69, 9.17) is 4.74 Å². The SMILES string of the molecule is CCC1OCCC1C(=O)c1ccccc1C1CCC1. The zero-order valence-electron chi connectivity index (χ0n) is 11.6. The van der Waals surface area contributed by atoms with Crippen LogP contribution in [-0.2, 0) is 4.74 Å². The molecular weight excluding hydrogens is 236 g/mol. The molecule has 2 nitrogen and oxygen atoms in total. The minimum atomic E-state index is 0.0752. The Labute approximate surface area is 115 Å². The molecule has 1 aromatic carbocycles. The quantitative estimate of drug-likeness (QED) is 0.764. The molecule has 1 saturated carbocycles. The average molecular weight is 258 g/mol. The van der Waals surface area contributed by atoms with Gasteiger partial charge in [0, 0.05) is 12.2 Å². The fourth-order valence-corrected chi connectivity index (χ4v) is 3.35. The first kappa shape index (κ1) is 12.9. The summed E-state index contributed by atoms with van der Waals surface area (Å²) in [6.45, 7) is 2.84. The Morgan fingerprint density at radius 2 is 2.05 bits per heavy atom. The molecule has 19 heavy (non-hydrogen) atoms. The van der Waals surface area contributed by atoms with Crippen LogP contribution in [0.25, 0.3) is 0 Å². The van der Waals surface area contributed by atoms with Crippen LogP contribution in [0, 0.1) is 5.92 Å². The summed E-state index contributed by atoms with van der Waals surface area (Å²) < 4.78 is 5.68. The maximum atomic E-state index is 12.8. The van der Waals surface area contributed by atoms with Crippen LogP contribution in [0.1, 0.15) is 60.9 Å². The molecule has 2 aliphatic rings. The van der Waals surface area contributed by atoms with E-state index in [-0.39, 0.29) is 12.0 Å². The van der Waals surface area contributed by atoms with E-state index in [0.717, 1.165) is 25.0 Å². The summed E-state index contributed by atoms with van der Waals surface area (Å²) in [5, 5.41) is 0. The second-order valence-electron chi connectivity index (χ2n) is 5.79. The topological polar surface area (TPSA) is 26.3 Å². The summed E-state index contributed by atoms with van der Waals surface area (Å²) in [5.41, 5.74) is 2.24. The van der Waals surface area contributed by atoms with Crippen molar-refractivity contribution in [1.29, 1.82) is 0 Å². The smallest absolute Gasteiger partial charge is 0.168 e. The van der Waals surface area contributed by atoms with Gasteiger partial charge in [0.2, 0.25) is 0 Å². The van der Waals surface area contributed by atoms with Crippen LogP contribution < -0.4 is 0 Å². The second kappa shape index (κ2) is 5.46. The molecule has 2 unspecified atom stereocenters. The van der Waals surface area contributed by atoms with Crippen molar-refractivity contribution in [3.05, 3.63) is 35.4 Å². The largest absolute Gasteiger partial charge is 0.377 e.